The second-order valence-electron chi connectivity index (χ2n) is 6.53. The topological polar surface area (TPSA) is 99.5 Å². The zero-order valence-electron chi connectivity index (χ0n) is 16.7. The van der Waals surface area contributed by atoms with Gasteiger partial charge in [0.15, 0.2) is 0 Å². The van der Waals surface area contributed by atoms with Gasteiger partial charge in [0, 0.05) is 25.3 Å². The standard InChI is InChI=1S/C22H18ClN3O4S/c1-15(27)26(2)17-8-6-16(7-9-17)25-31(28,29)19-12-10-18(11-13-19)30-22-5-3-4-21(23)20(22)14-24/h3-13,25H,1-2H3. The van der Waals surface area contributed by atoms with Gasteiger partial charge in [0.05, 0.1) is 9.92 Å². The Bertz CT molecular complexity index is 1250. The van der Waals surface area contributed by atoms with Gasteiger partial charge in [-0.05, 0) is 60.7 Å². The molecule has 0 aromatic heterocycles. The first-order valence-corrected chi connectivity index (χ1v) is 10.9. The number of nitriles is 1. The summed E-state index contributed by atoms with van der Waals surface area (Å²) in [5, 5.41) is 9.49. The normalized spacial score (nSPS) is 10.8. The first-order valence-electron chi connectivity index (χ1n) is 9.05. The number of hydrogen-bond acceptors (Lipinski definition) is 5. The molecule has 0 aliphatic rings. The molecule has 0 bridgehead atoms. The van der Waals surface area contributed by atoms with Crippen molar-refractivity contribution in [1.29, 1.82) is 5.26 Å². The number of carbonyl (C=O) groups is 1. The Labute approximate surface area is 185 Å². The van der Waals surface area contributed by atoms with Gasteiger partial charge in [-0.15, -0.1) is 0 Å². The zero-order chi connectivity index (χ0) is 22.6. The summed E-state index contributed by atoms with van der Waals surface area (Å²) in [7, 11) is -2.20. The number of benzene rings is 3. The number of carbonyl (C=O) groups excluding carboxylic acids is 1. The lowest BCUT2D eigenvalue weighted by Gasteiger charge is -2.15. The number of ether oxygens (including phenoxy) is 1. The predicted octanol–water partition coefficient (Wildman–Crippen LogP) is 4.79. The van der Waals surface area contributed by atoms with E-state index in [9.17, 15) is 18.5 Å². The van der Waals surface area contributed by atoms with Crippen LogP contribution < -0.4 is 14.4 Å². The van der Waals surface area contributed by atoms with Crippen molar-refractivity contribution in [2.45, 2.75) is 11.8 Å². The number of nitrogens with one attached hydrogen (secondary N) is 1. The fourth-order valence-corrected chi connectivity index (χ4v) is 3.93. The smallest absolute Gasteiger partial charge is 0.261 e. The Balaban J connectivity index is 1.75. The van der Waals surface area contributed by atoms with Gasteiger partial charge in [-0.3, -0.25) is 9.52 Å². The molecule has 0 saturated carbocycles. The maximum absolute atomic E-state index is 12.7. The van der Waals surface area contributed by atoms with E-state index in [4.69, 9.17) is 16.3 Å². The van der Waals surface area contributed by atoms with Gasteiger partial charge in [0.2, 0.25) is 5.91 Å². The Morgan fingerprint density at radius 1 is 1.06 bits per heavy atom. The van der Waals surface area contributed by atoms with Crippen LogP contribution in [-0.2, 0) is 14.8 Å². The van der Waals surface area contributed by atoms with E-state index < -0.39 is 10.0 Å². The third-order valence-electron chi connectivity index (χ3n) is 4.43. The summed E-state index contributed by atoms with van der Waals surface area (Å²) in [6.07, 6.45) is 0. The van der Waals surface area contributed by atoms with E-state index in [2.05, 4.69) is 4.72 Å². The molecule has 158 valence electrons. The molecule has 0 atom stereocenters. The van der Waals surface area contributed by atoms with Crippen molar-refractivity contribution in [2.24, 2.45) is 0 Å². The number of halogens is 1. The first-order chi connectivity index (χ1) is 14.7. The van der Waals surface area contributed by atoms with Crippen molar-refractivity contribution >= 4 is 38.9 Å². The van der Waals surface area contributed by atoms with Crippen molar-refractivity contribution in [3.8, 4) is 17.6 Å². The predicted molar refractivity (Wildman–Crippen MR) is 119 cm³/mol. The van der Waals surface area contributed by atoms with E-state index in [1.807, 2.05) is 6.07 Å². The van der Waals surface area contributed by atoms with Crippen molar-refractivity contribution in [3.63, 3.8) is 0 Å². The van der Waals surface area contributed by atoms with Gasteiger partial charge in [-0.25, -0.2) is 8.42 Å². The molecule has 0 radical (unpaired) electrons. The van der Waals surface area contributed by atoms with Crippen LogP contribution in [0.5, 0.6) is 11.5 Å². The summed E-state index contributed by atoms with van der Waals surface area (Å²) in [4.78, 5) is 12.9. The van der Waals surface area contributed by atoms with E-state index in [0.29, 0.717) is 17.1 Å². The summed E-state index contributed by atoms with van der Waals surface area (Å²) in [6, 6.07) is 19.0. The van der Waals surface area contributed by atoms with Crippen molar-refractivity contribution in [2.75, 3.05) is 16.7 Å². The van der Waals surface area contributed by atoms with Crippen LogP contribution in [0, 0.1) is 11.3 Å². The molecule has 1 N–H and O–H groups in total. The maximum atomic E-state index is 12.7. The van der Waals surface area contributed by atoms with Crippen LogP contribution in [0.3, 0.4) is 0 Å². The van der Waals surface area contributed by atoms with Crippen LogP contribution in [0.1, 0.15) is 12.5 Å². The van der Waals surface area contributed by atoms with Crippen molar-refractivity contribution in [1.82, 2.24) is 0 Å². The number of nitrogens with zero attached hydrogens (tertiary/aromatic N) is 2. The molecule has 31 heavy (non-hydrogen) atoms. The van der Waals surface area contributed by atoms with Crippen LogP contribution in [0.4, 0.5) is 11.4 Å². The lowest BCUT2D eigenvalue weighted by atomic mass is 10.2. The van der Waals surface area contributed by atoms with Gasteiger partial charge >= 0.3 is 0 Å². The zero-order valence-corrected chi connectivity index (χ0v) is 18.2. The number of amides is 1. The fourth-order valence-electron chi connectivity index (χ4n) is 2.66. The Morgan fingerprint density at radius 3 is 2.29 bits per heavy atom. The third kappa shape index (κ3) is 5.15. The summed E-state index contributed by atoms with van der Waals surface area (Å²) in [6.45, 7) is 1.44. The molecule has 3 rings (SSSR count). The van der Waals surface area contributed by atoms with E-state index in [0.717, 1.165) is 0 Å². The fraction of sp³-hybridized carbons (Fsp3) is 0.0909. The molecule has 0 fully saturated rings. The number of sulfonamides is 1. The molecule has 0 saturated heterocycles. The molecular formula is C22H18ClN3O4S. The monoisotopic (exact) mass is 455 g/mol. The van der Waals surface area contributed by atoms with Crippen LogP contribution in [0.2, 0.25) is 5.02 Å². The van der Waals surface area contributed by atoms with Crippen LogP contribution in [0.15, 0.2) is 71.6 Å². The van der Waals surface area contributed by atoms with Crippen LogP contribution in [0.25, 0.3) is 0 Å². The molecule has 0 aliphatic carbocycles. The van der Waals surface area contributed by atoms with Gasteiger partial charge in [0.1, 0.15) is 23.1 Å². The molecule has 0 aliphatic heterocycles. The van der Waals surface area contributed by atoms with E-state index >= 15 is 0 Å². The molecule has 0 unspecified atom stereocenters. The molecule has 1 amide bonds. The summed E-state index contributed by atoms with van der Waals surface area (Å²) in [5.74, 6) is 0.504. The number of hydrogen-bond donors (Lipinski definition) is 1. The molecule has 9 heteroatoms. The third-order valence-corrected chi connectivity index (χ3v) is 6.14. The Kier molecular flexibility index (Phi) is 6.49. The van der Waals surface area contributed by atoms with Gasteiger partial charge in [-0.1, -0.05) is 17.7 Å². The largest absolute Gasteiger partial charge is 0.456 e. The Morgan fingerprint density at radius 2 is 1.71 bits per heavy atom. The van der Waals surface area contributed by atoms with Crippen molar-refractivity contribution < 1.29 is 17.9 Å². The first kappa shape index (κ1) is 22.2. The number of rotatable bonds is 6. The molecule has 0 spiro atoms. The van der Waals surface area contributed by atoms with Gasteiger partial charge < -0.3 is 9.64 Å². The minimum atomic E-state index is -3.83. The van der Waals surface area contributed by atoms with Gasteiger partial charge in [0.25, 0.3) is 10.0 Å². The lowest BCUT2D eigenvalue weighted by Crippen LogP contribution is -2.22. The van der Waals surface area contributed by atoms with Gasteiger partial charge in [-0.2, -0.15) is 5.26 Å². The van der Waals surface area contributed by atoms with E-state index in [1.165, 1.54) is 36.1 Å². The molecule has 3 aromatic rings. The Hall–Kier alpha value is -3.54. The average molecular weight is 456 g/mol. The average Bonchev–Trinajstić information content (AvgIpc) is 2.74. The second kappa shape index (κ2) is 9.08. The van der Waals surface area contributed by atoms with E-state index in [1.54, 1.807) is 49.5 Å². The lowest BCUT2D eigenvalue weighted by molar-refractivity contribution is -0.116. The molecule has 3 aromatic carbocycles. The quantitative estimate of drug-likeness (QED) is 0.576. The molecule has 7 nitrogen and oxygen atoms in total. The van der Waals surface area contributed by atoms with Crippen LogP contribution >= 0.6 is 11.6 Å². The maximum Gasteiger partial charge on any atom is 0.261 e. The summed E-state index contributed by atoms with van der Waals surface area (Å²) >= 11 is 5.99. The minimum Gasteiger partial charge on any atom is -0.456 e. The van der Waals surface area contributed by atoms with Crippen LogP contribution in [-0.4, -0.2) is 21.4 Å². The van der Waals surface area contributed by atoms with E-state index in [-0.39, 0.29) is 27.1 Å². The summed E-state index contributed by atoms with van der Waals surface area (Å²) < 4.78 is 33.5. The highest BCUT2D eigenvalue weighted by Crippen LogP contribution is 2.30. The summed E-state index contributed by atoms with van der Waals surface area (Å²) in [5.41, 5.74) is 1.20. The minimum absolute atomic E-state index is 0.0383. The SMILES string of the molecule is CC(=O)N(C)c1ccc(NS(=O)(=O)c2ccc(Oc3cccc(Cl)c3C#N)cc2)cc1. The highest BCUT2D eigenvalue weighted by atomic mass is 35.5. The highest BCUT2D eigenvalue weighted by Gasteiger charge is 2.15. The van der Waals surface area contributed by atoms with Crippen molar-refractivity contribution in [3.05, 3.63) is 77.3 Å². The molecule has 0 heterocycles. The second-order valence-corrected chi connectivity index (χ2v) is 8.62. The highest BCUT2D eigenvalue weighted by molar-refractivity contribution is 7.92. The molecular weight excluding hydrogens is 438 g/mol. The number of anilines is 2.